The number of carbonyl (C=O) groups is 1. The summed E-state index contributed by atoms with van der Waals surface area (Å²) >= 11 is 15.5. The molecule has 166 valence electrons. The highest BCUT2D eigenvalue weighted by molar-refractivity contribution is 9.10. The number of hydrogen-bond donors (Lipinski definition) is 1. The molecule has 1 aliphatic rings. The van der Waals surface area contributed by atoms with Gasteiger partial charge in [-0.25, -0.2) is 0 Å². The Morgan fingerprint density at radius 3 is 2.76 bits per heavy atom. The van der Waals surface area contributed by atoms with E-state index in [1.54, 1.807) is 36.4 Å². The molecule has 0 unspecified atom stereocenters. The molecule has 0 radical (unpaired) electrons. The van der Waals surface area contributed by atoms with E-state index < -0.39 is 5.91 Å². The normalized spacial score (nSPS) is 12.2. The van der Waals surface area contributed by atoms with Gasteiger partial charge in [-0.1, -0.05) is 41.4 Å². The predicted octanol–water partition coefficient (Wildman–Crippen LogP) is 6.61. The average molecular weight is 546 g/mol. The van der Waals surface area contributed by atoms with Crippen molar-refractivity contribution in [3.05, 3.63) is 85.8 Å². The van der Waals surface area contributed by atoms with Gasteiger partial charge in [0.05, 0.1) is 20.2 Å². The summed E-state index contributed by atoms with van der Waals surface area (Å²) in [5.41, 5.74) is 1.80. The lowest BCUT2D eigenvalue weighted by atomic mass is 10.1. The molecule has 4 rings (SSSR count). The van der Waals surface area contributed by atoms with Gasteiger partial charge in [-0.3, -0.25) is 4.79 Å². The maximum absolute atomic E-state index is 12.5. The number of nitriles is 1. The van der Waals surface area contributed by atoms with Crippen LogP contribution in [0, 0.1) is 11.3 Å². The highest BCUT2D eigenvalue weighted by atomic mass is 79.9. The van der Waals surface area contributed by atoms with E-state index in [4.69, 9.17) is 37.4 Å². The smallest absolute Gasteiger partial charge is 0.266 e. The zero-order chi connectivity index (χ0) is 23.4. The van der Waals surface area contributed by atoms with Crippen LogP contribution in [0.25, 0.3) is 6.08 Å². The molecule has 9 heteroatoms. The fraction of sp³-hybridized carbons (Fsp3) is 0.0833. The fourth-order valence-electron chi connectivity index (χ4n) is 3.02. The lowest BCUT2D eigenvalue weighted by Gasteiger charge is -2.10. The van der Waals surface area contributed by atoms with E-state index in [9.17, 15) is 10.1 Å². The molecule has 6 nitrogen and oxygen atoms in total. The first-order valence-corrected chi connectivity index (χ1v) is 11.2. The van der Waals surface area contributed by atoms with Crippen LogP contribution >= 0.6 is 39.1 Å². The summed E-state index contributed by atoms with van der Waals surface area (Å²) in [7, 11) is 0. The Balaban J connectivity index is 1.45. The van der Waals surface area contributed by atoms with E-state index in [-0.39, 0.29) is 17.4 Å². The second kappa shape index (κ2) is 10.2. The number of nitrogens with one attached hydrogen (secondary N) is 1. The summed E-state index contributed by atoms with van der Waals surface area (Å²) in [5, 5.41) is 12.6. The van der Waals surface area contributed by atoms with Crippen LogP contribution in [0.3, 0.4) is 0 Å². The molecule has 0 atom stereocenters. The van der Waals surface area contributed by atoms with Crippen molar-refractivity contribution in [2.45, 2.75) is 6.61 Å². The number of rotatable bonds is 6. The lowest BCUT2D eigenvalue weighted by Crippen LogP contribution is -2.13. The van der Waals surface area contributed by atoms with Gasteiger partial charge in [-0.2, -0.15) is 5.26 Å². The Morgan fingerprint density at radius 2 is 1.97 bits per heavy atom. The first-order chi connectivity index (χ1) is 15.9. The van der Waals surface area contributed by atoms with Crippen LogP contribution in [0.2, 0.25) is 10.0 Å². The second-order valence-electron chi connectivity index (χ2n) is 6.89. The third kappa shape index (κ3) is 5.42. The largest absolute Gasteiger partial charge is 0.488 e. The van der Waals surface area contributed by atoms with Gasteiger partial charge in [0.15, 0.2) is 11.5 Å². The zero-order valence-electron chi connectivity index (χ0n) is 16.9. The summed E-state index contributed by atoms with van der Waals surface area (Å²) in [6.45, 7) is 0.547. The first kappa shape index (κ1) is 23.0. The minimum absolute atomic E-state index is 0.0908. The van der Waals surface area contributed by atoms with Crippen molar-refractivity contribution in [2.75, 3.05) is 12.1 Å². The maximum Gasteiger partial charge on any atom is 0.266 e. The second-order valence-corrected chi connectivity index (χ2v) is 8.53. The molecule has 1 aliphatic heterocycles. The van der Waals surface area contributed by atoms with E-state index >= 15 is 0 Å². The standard InChI is InChI=1S/C24H15BrCl2N2O4/c25-17-9-14(8-16(11-28)24(30)29-19-3-1-2-18(26)23(19)27)4-6-20(17)31-12-15-5-7-21-22(10-15)33-13-32-21/h1-10H,12-13H2,(H,29,30)/b16-8-. The van der Waals surface area contributed by atoms with Crippen molar-refractivity contribution >= 4 is 56.8 Å². The number of hydrogen-bond acceptors (Lipinski definition) is 5. The highest BCUT2D eigenvalue weighted by Crippen LogP contribution is 2.34. The van der Waals surface area contributed by atoms with Crippen LogP contribution in [0.4, 0.5) is 5.69 Å². The molecule has 33 heavy (non-hydrogen) atoms. The molecule has 3 aromatic rings. The maximum atomic E-state index is 12.5. The Labute approximate surface area is 208 Å². The topological polar surface area (TPSA) is 80.6 Å². The summed E-state index contributed by atoms with van der Waals surface area (Å²) < 4.78 is 17.2. The third-order valence-electron chi connectivity index (χ3n) is 4.66. The van der Waals surface area contributed by atoms with E-state index in [1.165, 1.54) is 6.08 Å². The number of halogens is 3. The van der Waals surface area contributed by atoms with E-state index in [2.05, 4.69) is 21.2 Å². The Hall–Kier alpha value is -3.18. The van der Waals surface area contributed by atoms with Crippen LogP contribution < -0.4 is 19.5 Å². The lowest BCUT2D eigenvalue weighted by molar-refractivity contribution is -0.112. The van der Waals surface area contributed by atoms with Crippen molar-refractivity contribution in [3.63, 3.8) is 0 Å². The third-order valence-corrected chi connectivity index (χ3v) is 6.10. The molecular formula is C24H15BrCl2N2O4. The molecular weight excluding hydrogens is 531 g/mol. The zero-order valence-corrected chi connectivity index (χ0v) is 20.0. The molecule has 0 saturated heterocycles. The Kier molecular flexibility index (Phi) is 7.09. The molecule has 1 amide bonds. The molecule has 1 N–H and O–H groups in total. The van der Waals surface area contributed by atoms with Gasteiger partial charge in [0, 0.05) is 0 Å². The van der Waals surface area contributed by atoms with Gasteiger partial charge >= 0.3 is 0 Å². The SMILES string of the molecule is N#C/C(=C/c1ccc(OCc2ccc3c(c2)OCO3)c(Br)c1)C(=O)Nc1cccc(Cl)c1Cl. The highest BCUT2D eigenvalue weighted by Gasteiger charge is 2.15. The molecule has 0 aromatic heterocycles. The minimum atomic E-state index is -0.596. The minimum Gasteiger partial charge on any atom is -0.488 e. The summed E-state index contributed by atoms with van der Waals surface area (Å²) in [5.74, 6) is 1.42. The van der Waals surface area contributed by atoms with Crippen molar-refractivity contribution < 1.29 is 19.0 Å². The van der Waals surface area contributed by atoms with E-state index in [0.29, 0.717) is 44.6 Å². The van der Waals surface area contributed by atoms with Crippen molar-refractivity contribution in [1.82, 2.24) is 0 Å². The van der Waals surface area contributed by atoms with Crippen molar-refractivity contribution in [2.24, 2.45) is 0 Å². The number of ether oxygens (including phenoxy) is 3. The van der Waals surface area contributed by atoms with Gasteiger partial charge in [0.25, 0.3) is 5.91 Å². The number of benzene rings is 3. The number of anilines is 1. The van der Waals surface area contributed by atoms with E-state index in [1.807, 2.05) is 24.3 Å². The molecule has 0 aliphatic carbocycles. The molecule has 1 heterocycles. The van der Waals surface area contributed by atoms with Gasteiger partial charge in [0.2, 0.25) is 6.79 Å². The number of carbonyl (C=O) groups excluding carboxylic acids is 1. The molecule has 0 fully saturated rings. The first-order valence-electron chi connectivity index (χ1n) is 9.62. The quantitative estimate of drug-likeness (QED) is 0.278. The number of nitrogens with zero attached hydrogens (tertiary/aromatic N) is 1. The molecule has 0 bridgehead atoms. The fourth-order valence-corrected chi connectivity index (χ4v) is 3.88. The van der Waals surface area contributed by atoms with Crippen LogP contribution in [0.15, 0.2) is 64.6 Å². The Morgan fingerprint density at radius 1 is 1.15 bits per heavy atom. The number of amides is 1. The average Bonchev–Trinajstić information content (AvgIpc) is 3.28. The van der Waals surface area contributed by atoms with Crippen LogP contribution in [-0.4, -0.2) is 12.7 Å². The van der Waals surface area contributed by atoms with Gasteiger partial charge in [-0.15, -0.1) is 0 Å². The van der Waals surface area contributed by atoms with Gasteiger partial charge in [0.1, 0.15) is 24.0 Å². The predicted molar refractivity (Wildman–Crippen MR) is 130 cm³/mol. The van der Waals surface area contributed by atoms with Crippen molar-refractivity contribution in [3.8, 4) is 23.3 Å². The number of fused-ring (bicyclic) bond motifs is 1. The Bertz CT molecular complexity index is 1300. The summed E-state index contributed by atoms with van der Waals surface area (Å²) in [6.07, 6.45) is 1.47. The molecule has 0 saturated carbocycles. The summed E-state index contributed by atoms with van der Waals surface area (Å²) in [4.78, 5) is 12.5. The van der Waals surface area contributed by atoms with Crippen LogP contribution in [0.5, 0.6) is 17.2 Å². The molecule has 3 aromatic carbocycles. The van der Waals surface area contributed by atoms with Crippen LogP contribution in [0.1, 0.15) is 11.1 Å². The molecule has 0 spiro atoms. The summed E-state index contributed by atoms with van der Waals surface area (Å²) in [6, 6.07) is 17.6. The van der Waals surface area contributed by atoms with Crippen molar-refractivity contribution in [1.29, 1.82) is 5.26 Å². The van der Waals surface area contributed by atoms with Gasteiger partial charge in [-0.05, 0) is 69.5 Å². The monoisotopic (exact) mass is 544 g/mol. The van der Waals surface area contributed by atoms with Crippen LogP contribution in [-0.2, 0) is 11.4 Å². The van der Waals surface area contributed by atoms with Gasteiger partial charge < -0.3 is 19.5 Å². The van der Waals surface area contributed by atoms with E-state index in [0.717, 1.165) is 5.56 Å².